The first-order valence-electron chi connectivity index (χ1n) is 14.0. The number of benzene rings is 1. The largest absolute Gasteiger partial charge is 0.416 e. The first-order valence-corrected chi connectivity index (χ1v) is 14.8. The monoisotopic (exact) mass is 579 g/mol. The van der Waals surface area contributed by atoms with Gasteiger partial charge in [0, 0.05) is 36.9 Å². The van der Waals surface area contributed by atoms with E-state index in [1.54, 1.807) is 11.3 Å². The van der Waals surface area contributed by atoms with Crippen LogP contribution in [0.3, 0.4) is 0 Å². The maximum atomic E-state index is 12.9. The number of aliphatic hydroxyl groups is 1. The Morgan fingerprint density at radius 2 is 1.88 bits per heavy atom. The lowest BCUT2D eigenvalue weighted by molar-refractivity contribution is -0.137. The van der Waals surface area contributed by atoms with Crippen LogP contribution in [0.4, 0.5) is 13.2 Å². The van der Waals surface area contributed by atoms with Gasteiger partial charge < -0.3 is 15.7 Å². The summed E-state index contributed by atoms with van der Waals surface area (Å²) in [5.74, 6) is -1.10. The fraction of sp³-hybridized carbons (Fsp3) is 0.607. The summed E-state index contributed by atoms with van der Waals surface area (Å²) in [7, 11) is 0. The highest BCUT2D eigenvalue weighted by atomic mass is 32.1. The Bertz CT molecular complexity index is 1190. The maximum Gasteiger partial charge on any atom is 0.416 e. The van der Waals surface area contributed by atoms with Crippen LogP contribution in [0, 0.1) is 0 Å². The number of aromatic nitrogens is 1. The molecular weight excluding hydrogens is 543 g/mol. The van der Waals surface area contributed by atoms with Crippen LogP contribution in [0.2, 0.25) is 0 Å². The number of nitrogens with zero attached hydrogens (tertiary/aromatic N) is 3. The van der Waals surface area contributed by atoms with Crippen LogP contribution in [0.5, 0.6) is 0 Å². The Balaban J connectivity index is 1.04. The first kappa shape index (κ1) is 29.0. The summed E-state index contributed by atoms with van der Waals surface area (Å²) in [6, 6.07) is 4.39. The maximum absolute atomic E-state index is 12.9. The summed E-state index contributed by atoms with van der Waals surface area (Å²) < 4.78 is 38.7. The summed E-state index contributed by atoms with van der Waals surface area (Å²) in [6.45, 7) is 4.32. The molecule has 3 aliphatic rings. The number of amides is 2. The number of thiazole rings is 1. The molecule has 3 heterocycles. The van der Waals surface area contributed by atoms with E-state index in [-0.39, 0.29) is 24.1 Å². The van der Waals surface area contributed by atoms with Gasteiger partial charge in [-0.05, 0) is 76.2 Å². The molecule has 1 saturated carbocycles. The highest BCUT2D eigenvalue weighted by Crippen LogP contribution is 2.41. The SMILES string of the molecule is O=C(CNC(=O)c1cccc(C(F)(F)F)c1)N[C@@H]1CCN(C2CCC(O)(c3cnc(CN4CCCC4)s3)CC2)C1. The molecule has 0 unspecified atom stereocenters. The zero-order valence-corrected chi connectivity index (χ0v) is 23.2. The Hall–Kier alpha value is -2.54. The molecule has 1 atom stereocenters. The standard InChI is InChI=1S/C28H36F3N5O3S/c29-28(30,31)20-5-3-4-19(14-20)26(38)33-16-24(37)34-21-8-13-36(17-21)22-6-9-27(39,10-7-22)23-15-32-25(40-23)18-35-11-1-2-12-35/h3-5,14-15,21-22,39H,1-2,6-13,16-18H2,(H,33,38)(H,34,37)/t21-,22?,27?/m1/s1. The predicted octanol–water partition coefficient (Wildman–Crippen LogP) is 3.51. The molecular formula is C28H36F3N5O3S. The van der Waals surface area contributed by atoms with Gasteiger partial charge in [-0.1, -0.05) is 6.07 Å². The van der Waals surface area contributed by atoms with Gasteiger partial charge in [0.2, 0.25) is 5.91 Å². The number of carbonyl (C=O) groups excluding carboxylic acids is 2. The lowest BCUT2D eigenvalue weighted by atomic mass is 9.81. The Morgan fingerprint density at radius 3 is 2.60 bits per heavy atom. The number of hydrogen-bond acceptors (Lipinski definition) is 7. The number of rotatable bonds is 8. The molecule has 8 nitrogen and oxygen atoms in total. The Kier molecular flexibility index (Phi) is 8.79. The highest BCUT2D eigenvalue weighted by molar-refractivity contribution is 7.11. The van der Waals surface area contributed by atoms with E-state index in [2.05, 4.69) is 25.4 Å². The fourth-order valence-corrected chi connectivity index (χ4v) is 7.14. The smallest absolute Gasteiger partial charge is 0.384 e. The van der Waals surface area contributed by atoms with Gasteiger partial charge in [0.25, 0.3) is 5.91 Å². The topological polar surface area (TPSA) is 97.8 Å². The van der Waals surface area contributed by atoms with Crippen molar-refractivity contribution < 1.29 is 27.9 Å². The summed E-state index contributed by atoms with van der Waals surface area (Å²) in [6.07, 6.45) is 3.65. The second kappa shape index (κ2) is 12.1. The van der Waals surface area contributed by atoms with Crippen molar-refractivity contribution >= 4 is 23.2 Å². The van der Waals surface area contributed by atoms with Crippen molar-refractivity contribution in [3.63, 3.8) is 0 Å². The molecule has 1 aromatic carbocycles. The van der Waals surface area contributed by atoms with Gasteiger partial charge in [-0.25, -0.2) is 4.98 Å². The van der Waals surface area contributed by atoms with E-state index in [9.17, 15) is 27.9 Å². The molecule has 218 valence electrons. The van der Waals surface area contributed by atoms with Crippen molar-refractivity contribution in [2.45, 2.75) is 75.4 Å². The average Bonchev–Trinajstić information content (AvgIpc) is 3.71. The van der Waals surface area contributed by atoms with E-state index in [1.807, 2.05) is 6.20 Å². The van der Waals surface area contributed by atoms with E-state index < -0.39 is 23.2 Å². The van der Waals surface area contributed by atoms with E-state index in [0.29, 0.717) is 25.4 Å². The van der Waals surface area contributed by atoms with Gasteiger partial charge in [0.15, 0.2) is 0 Å². The first-order chi connectivity index (χ1) is 19.1. The summed E-state index contributed by atoms with van der Waals surface area (Å²) >= 11 is 1.63. The van der Waals surface area contributed by atoms with Gasteiger partial charge in [0.1, 0.15) is 10.6 Å². The molecule has 3 fully saturated rings. The van der Waals surface area contributed by atoms with Crippen molar-refractivity contribution in [3.05, 3.63) is 51.5 Å². The predicted molar refractivity (Wildman–Crippen MR) is 145 cm³/mol. The minimum absolute atomic E-state index is 0.0617. The molecule has 2 aliphatic heterocycles. The molecule has 2 saturated heterocycles. The molecule has 3 N–H and O–H groups in total. The molecule has 5 rings (SSSR count). The summed E-state index contributed by atoms with van der Waals surface area (Å²) in [5, 5.41) is 17.8. The zero-order valence-electron chi connectivity index (χ0n) is 22.4. The summed E-state index contributed by atoms with van der Waals surface area (Å²) in [5.41, 5.74) is -1.89. The second-order valence-corrected chi connectivity index (χ2v) is 12.3. The van der Waals surface area contributed by atoms with Crippen LogP contribution in [-0.4, -0.2) is 76.5 Å². The van der Waals surface area contributed by atoms with E-state index in [0.717, 1.165) is 67.5 Å². The molecule has 0 spiro atoms. The van der Waals surface area contributed by atoms with Crippen molar-refractivity contribution in [1.82, 2.24) is 25.4 Å². The fourth-order valence-electron chi connectivity index (χ4n) is 6.04. The van der Waals surface area contributed by atoms with Gasteiger partial charge in [-0.3, -0.25) is 19.4 Å². The number of nitrogens with one attached hydrogen (secondary N) is 2. The lowest BCUT2D eigenvalue weighted by Crippen LogP contribution is -2.45. The molecule has 1 aliphatic carbocycles. The Labute approximate surface area is 235 Å². The molecule has 12 heteroatoms. The molecule has 40 heavy (non-hydrogen) atoms. The van der Waals surface area contributed by atoms with E-state index >= 15 is 0 Å². The van der Waals surface area contributed by atoms with Crippen LogP contribution >= 0.6 is 11.3 Å². The van der Waals surface area contributed by atoms with Crippen molar-refractivity contribution in [3.8, 4) is 0 Å². The van der Waals surface area contributed by atoms with Gasteiger partial charge >= 0.3 is 6.18 Å². The van der Waals surface area contributed by atoms with Crippen LogP contribution < -0.4 is 10.6 Å². The number of alkyl halides is 3. The van der Waals surface area contributed by atoms with Gasteiger partial charge in [0.05, 0.1) is 23.5 Å². The lowest BCUT2D eigenvalue weighted by Gasteiger charge is -2.39. The van der Waals surface area contributed by atoms with Crippen molar-refractivity contribution in [2.75, 3.05) is 32.7 Å². The average molecular weight is 580 g/mol. The zero-order chi connectivity index (χ0) is 28.3. The number of halogens is 3. The van der Waals surface area contributed by atoms with E-state index in [1.165, 1.54) is 25.0 Å². The summed E-state index contributed by atoms with van der Waals surface area (Å²) in [4.78, 5) is 35.0. The number of hydrogen-bond donors (Lipinski definition) is 3. The second-order valence-electron chi connectivity index (χ2n) is 11.2. The minimum atomic E-state index is -4.54. The van der Waals surface area contributed by atoms with Crippen LogP contribution in [0.1, 0.15) is 70.8 Å². The number of carbonyl (C=O) groups is 2. The molecule has 0 radical (unpaired) electrons. The molecule has 2 amide bonds. The molecule has 1 aromatic heterocycles. The molecule has 0 bridgehead atoms. The normalized spacial score (nSPS) is 26.2. The van der Waals surface area contributed by atoms with Crippen LogP contribution in [-0.2, 0) is 23.1 Å². The third-order valence-electron chi connectivity index (χ3n) is 8.31. The molecule has 2 aromatic rings. The Morgan fingerprint density at radius 1 is 1.12 bits per heavy atom. The quantitative estimate of drug-likeness (QED) is 0.443. The van der Waals surface area contributed by atoms with Gasteiger partial charge in [-0.2, -0.15) is 13.2 Å². The third-order valence-corrected chi connectivity index (χ3v) is 9.49. The minimum Gasteiger partial charge on any atom is -0.384 e. The van der Waals surface area contributed by atoms with Crippen molar-refractivity contribution in [1.29, 1.82) is 0 Å². The highest BCUT2D eigenvalue weighted by Gasteiger charge is 2.40. The van der Waals surface area contributed by atoms with E-state index in [4.69, 9.17) is 0 Å². The van der Waals surface area contributed by atoms with Crippen LogP contribution in [0.25, 0.3) is 0 Å². The number of likely N-dealkylation sites (tertiary alicyclic amines) is 2. The van der Waals surface area contributed by atoms with Crippen molar-refractivity contribution in [2.24, 2.45) is 0 Å². The third kappa shape index (κ3) is 7.02. The van der Waals surface area contributed by atoms with Gasteiger partial charge in [-0.15, -0.1) is 11.3 Å². The van der Waals surface area contributed by atoms with Crippen LogP contribution in [0.15, 0.2) is 30.5 Å².